The third-order valence-electron chi connectivity index (χ3n) is 4.86. The minimum atomic E-state index is -0.645. The van der Waals surface area contributed by atoms with Crippen LogP contribution < -0.4 is 21.1 Å². The average Bonchev–Trinajstić information content (AvgIpc) is 3.17. The van der Waals surface area contributed by atoms with Gasteiger partial charge < -0.3 is 30.0 Å². The summed E-state index contributed by atoms with van der Waals surface area (Å²) in [7, 11) is 3.10. The van der Waals surface area contributed by atoms with Gasteiger partial charge in [-0.15, -0.1) is 5.59 Å². The minimum Gasteiger partial charge on any atom is -0.466 e. The van der Waals surface area contributed by atoms with Gasteiger partial charge in [0.05, 0.1) is 19.2 Å². The van der Waals surface area contributed by atoms with E-state index >= 15 is 0 Å². The molecule has 1 heterocycles. The van der Waals surface area contributed by atoms with E-state index in [1.165, 1.54) is 11.1 Å². The van der Waals surface area contributed by atoms with Crippen LogP contribution in [0.2, 0.25) is 0 Å². The van der Waals surface area contributed by atoms with Gasteiger partial charge in [0.2, 0.25) is 5.91 Å². The van der Waals surface area contributed by atoms with Crippen molar-refractivity contribution in [3.05, 3.63) is 29.8 Å². The first-order valence-corrected chi connectivity index (χ1v) is 11.1. The van der Waals surface area contributed by atoms with Crippen molar-refractivity contribution in [3.8, 4) is 0 Å². The van der Waals surface area contributed by atoms with Gasteiger partial charge in [0.25, 0.3) is 0 Å². The maximum atomic E-state index is 12.7. The monoisotopic (exact) mass is 476 g/mol. The zero-order chi connectivity index (χ0) is 24.9. The lowest BCUT2D eigenvalue weighted by atomic mass is 10.2. The zero-order valence-electron chi connectivity index (χ0n) is 19.7. The van der Waals surface area contributed by atoms with Crippen molar-refractivity contribution in [2.75, 3.05) is 38.7 Å². The molecule has 0 spiro atoms. The largest absolute Gasteiger partial charge is 0.466 e. The van der Waals surface area contributed by atoms with Gasteiger partial charge in [-0.2, -0.15) is 5.10 Å². The number of nitrogens with one attached hydrogen (secondary N) is 3. The fourth-order valence-corrected chi connectivity index (χ4v) is 2.96. The van der Waals surface area contributed by atoms with Crippen LogP contribution in [-0.4, -0.2) is 74.9 Å². The highest BCUT2D eigenvalue weighted by Crippen LogP contribution is 2.21. The number of ether oxygens (including phenoxy) is 1. The zero-order valence-corrected chi connectivity index (χ0v) is 19.7. The molecule has 0 radical (unpaired) electrons. The molecule has 4 amide bonds. The predicted octanol–water partition coefficient (Wildman–Crippen LogP) is 1.36. The van der Waals surface area contributed by atoms with Crippen molar-refractivity contribution < 1.29 is 28.8 Å². The number of benzene rings is 1. The van der Waals surface area contributed by atoms with Gasteiger partial charge in [-0.25, -0.2) is 9.59 Å². The molecule has 186 valence electrons. The second-order valence-corrected chi connectivity index (χ2v) is 7.76. The molecule has 0 bridgehead atoms. The van der Waals surface area contributed by atoms with E-state index in [-0.39, 0.29) is 24.8 Å². The first-order chi connectivity index (χ1) is 16.3. The summed E-state index contributed by atoms with van der Waals surface area (Å²) < 4.78 is 5.03. The summed E-state index contributed by atoms with van der Waals surface area (Å²) in [6.07, 6.45) is 3.17. The molecule has 12 nitrogen and oxygen atoms in total. The standard InChI is InChI=1S/C22H32N6O6/c1-4-5-14-33-19(29)10-12-23-21(31)25-18-11-13-28(20(18)30)17-8-6-16(7-9-17)15-24-26-34-22(32)27(2)3/h6-9,15,18,26H,4-5,10-14H2,1-3H3,(H2,23,25,31)/t18-/m0/s1. The lowest BCUT2D eigenvalue weighted by Crippen LogP contribution is -2.46. The molecule has 34 heavy (non-hydrogen) atoms. The number of carbonyl (C=O) groups excluding carboxylic acids is 4. The smallest absolute Gasteiger partial charge is 0.434 e. The lowest BCUT2D eigenvalue weighted by Gasteiger charge is -2.17. The minimum absolute atomic E-state index is 0.0745. The number of esters is 1. The Kier molecular flexibility index (Phi) is 10.6. The lowest BCUT2D eigenvalue weighted by molar-refractivity contribution is -0.143. The molecule has 0 saturated carbocycles. The summed E-state index contributed by atoms with van der Waals surface area (Å²) in [6, 6.07) is 5.89. The van der Waals surface area contributed by atoms with Crippen LogP contribution in [-0.2, 0) is 19.2 Å². The number of amides is 4. The normalized spacial score (nSPS) is 15.2. The van der Waals surface area contributed by atoms with E-state index in [1.807, 2.05) is 6.92 Å². The van der Waals surface area contributed by atoms with Gasteiger partial charge in [0.15, 0.2) is 0 Å². The maximum absolute atomic E-state index is 12.7. The van der Waals surface area contributed by atoms with Gasteiger partial charge in [-0.05, 0) is 30.5 Å². The van der Waals surface area contributed by atoms with Crippen LogP contribution in [0.4, 0.5) is 15.3 Å². The maximum Gasteiger partial charge on any atom is 0.434 e. The predicted molar refractivity (Wildman–Crippen MR) is 125 cm³/mol. The van der Waals surface area contributed by atoms with Crippen LogP contribution in [0.5, 0.6) is 0 Å². The van der Waals surface area contributed by atoms with Crippen molar-refractivity contribution in [1.29, 1.82) is 0 Å². The Hall–Kier alpha value is -3.83. The van der Waals surface area contributed by atoms with E-state index in [4.69, 9.17) is 4.74 Å². The molecule has 0 aromatic heterocycles. The van der Waals surface area contributed by atoms with Crippen LogP contribution in [0.15, 0.2) is 29.4 Å². The Morgan fingerprint density at radius 2 is 1.97 bits per heavy atom. The molecule has 0 unspecified atom stereocenters. The first kappa shape index (κ1) is 26.4. The number of hydrogen-bond donors (Lipinski definition) is 3. The second-order valence-electron chi connectivity index (χ2n) is 7.76. The summed E-state index contributed by atoms with van der Waals surface area (Å²) in [4.78, 5) is 55.1. The number of hydrogen-bond acceptors (Lipinski definition) is 8. The molecular weight excluding hydrogens is 444 g/mol. The van der Waals surface area contributed by atoms with Crippen LogP contribution in [0.25, 0.3) is 0 Å². The molecule has 1 saturated heterocycles. The van der Waals surface area contributed by atoms with Crippen LogP contribution in [0.3, 0.4) is 0 Å². The van der Waals surface area contributed by atoms with Gasteiger partial charge in [-0.1, -0.05) is 25.5 Å². The van der Waals surface area contributed by atoms with E-state index < -0.39 is 18.2 Å². The summed E-state index contributed by atoms with van der Waals surface area (Å²) >= 11 is 0. The van der Waals surface area contributed by atoms with E-state index in [0.717, 1.165) is 18.4 Å². The Labute approximate surface area is 198 Å². The number of rotatable bonds is 11. The van der Waals surface area contributed by atoms with Crippen molar-refractivity contribution in [2.45, 2.75) is 38.6 Å². The van der Waals surface area contributed by atoms with Crippen molar-refractivity contribution >= 4 is 35.9 Å². The number of anilines is 1. The summed E-state index contributed by atoms with van der Waals surface area (Å²) in [5.41, 5.74) is 3.61. The third-order valence-corrected chi connectivity index (χ3v) is 4.86. The highest BCUT2D eigenvalue weighted by atomic mass is 16.7. The number of carbonyl (C=O) groups is 4. The molecule has 1 aliphatic rings. The molecule has 1 aliphatic heterocycles. The van der Waals surface area contributed by atoms with Gasteiger partial charge >= 0.3 is 18.1 Å². The highest BCUT2D eigenvalue weighted by molar-refractivity contribution is 6.01. The Morgan fingerprint density at radius 1 is 1.24 bits per heavy atom. The van der Waals surface area contributed by atoms with Gasteiger partial charge in [-0.3, -0.25) is 9.59 Å². The Balaban J connectivity index is 1.75. The van der Waals surface area contributed by atoms with Crippen molar-refractivity contribution in [1.82, 2.24) is 21.1 Å². The SMILES string of the molecule is CCCCOC(=O)CCNC(=O)N[C@H]1CCN(c2ccc(C=NNOC(=O)N(C)C)cc2)C1=O. The number of hydrazone groups is 1. The van der Waals surface area contributed by atoms with Crippen molar-refractivity contribution in [2.24, 2.45) is 5.10 Å². The molecule has 0 aliphatic carbocycles. The van der Waals surface area contributed by atoms with E-state index in [1.54, 1.807) is 43.3 Å². The highest BCUT2D eigenvalue weighted by Gasteiger charge is 2.33. The second kappa shape index (κ2) is 13.7. The van der Waals surface area contributed by atoms with Crippen LogP contribution in [0.1, 0.15) is 38.2 Å². The van der Waals surface area contributed by atoms with Crippen LogP contribution in [0, 0.1) is 0 Å². The number of nitrogens with zero attached hydrogens (tertiary/aromatic N) is 3. The summed E-state index contributed by atoms with van der Waals surface area (Å²) in [5, 5.41) is 9.02. The Bertz CT molecular complexity index is 873. The molecule has 3 N–H and O–H groups in total. The van der Waals surface area contributed by atoms with Crippen molar-refractivity contribution in [3.63, 3.8) is 0 Å². The topological polar surface area (TPSA) is 142 Å². The molecule has 12 heteroatoms. The Morgan fingerprint density at radius 3 is 2.65 bits per heavy atom. The fourth-order valence-electron chi connectivity index (χ4n) is 2.96. The van der Waals surface area contributed by atoms with E-state index in [9.17, 15) is 19.2 Å². The molecule has 1 aromatic rings. The number of urea groups is 1. The van der Waals surface area contributed by atoms with Gasteiger partial charge in [0.1, 0.15) is 6.04 Å². The number of unbranched alkanes of at least 4 members (excludes halogenated alkanes) is 1. The van der Waals surface area contributed by atoms with Gasteiger partial charge in [0, 0.05) is 32.9 Å². The molecule has 2 rings (SSSR count). The molecule has 1 aromatic carbocycles. The quantitative estimate of drug-likeness (QED) is 0.189. The summed E-state index contributed by atoms with van der Waals surface area (Å²) in [5.74, 6) is -0.580. The van der Waals surface area contributed by atoms with Crippen LogP contribution >= 0.6 is 0 Å². The fraction of sp³-hybridized carbons (Fsp3) is 0.500. The first-order valence-electron chi connectivity index (χ1n) is 11.1. The summed E-state index contributed by atoms with van der Waals surface area (Å²) in [6.45, 7) is 2.98. The molecule has 1 fully saturated rings. The van der Waals surface area contributed by atoms with E-state index in [2.05, 4.69) is 26.2 Å². The van der Waals surface area contributed by atoms with E-state index in [0.29, 0.717) is 25.3 Å². The molecular formula is C22H32N6O6. The third kappa shape index (κ3) is 8.60. The molecule has 1 atom stereocenters. The average molecular weight is 477 g/mol.